The summed E-state index contributed by atoms with van der Waals surface area (Å²) < 4.78 is 0. The second-order valence-electron chi connectivity index (χ2n) is 4.75. The summed E-state index contributed by atoms with van der Waals surface area (Å²) in [4.78, 5) is 24.6. The lowest BCUT2D eigenvalue weighted by molar-refractivity contribution is -0.140. The maximum Gasteiger partial charge on any atom is 0.317 e. The molecule has 0 aromatic heterocycles. The Hall–Kier alpha value is -1.17. The number of hydrogen-bond acceptors (Lipinski definition) is 3. The molecule has 108 valence electrons. The minimum Gasteiger partial charge on any atom is -0.481 e. The summed E-state index contributed by atoms with van der Waals surface area (Å²) in [5.74, 6) is -0.419. The molecule has 0 bridgehead atoms. The van der Waals surface area contributed by atoms with Crippen LogP contribution < -0.4 is 5.32 Å². The second-order valence-corrected chi connectivity index (χ2v) is 5.66. The van der Waals surface area contributed by atoms with Crippen LogP contribution in [0.2, 0.25) is 0 Å². The highest BCUT2D eigenvalue weighted by Crippen LogP contribution is 2.18. The molecule has 19 heavy (non-hydrogen) atoms. The number of nitrogens with zero attached hydrogens (tertiary/aromatic N) is 1. The van der Waals surface area contributed by atoms with Crippen LogP contribution in [-0.4, -0.2) is 53.1 Å². The van der Waals surface area contributed by atoms with E-state index in [2.05, 4.69) is 12.2 Å². The summed E-state index contributed by atoms with van der Waals surface area (Å²) in [6.07, 6.45) is 6.77. The topological polar surface area (TPSA) is 69.6 Å². The number of carbonyl (C=O) groups excluding carboxylic acids is 1. The monoisotopic (exact) mass is 286 g/mol. The van der Waals surface area contributed by atoms with Gasteiger partial charge in [-0.1, -0.05) is 19.1 Å². The number of thioether (sulfide) groups is 1. The Morgan fingerprint density at radius 3 is 2.68 bits per heavy atom. The molecule has 6 heteroatoms. The number of rotatable bonds is 6. The summed E-state index contributed by atoms with van der Waals surface area (Å²) in [5.41, 5.74) is 0. The Morgan fingerprint density at radius 2 is 2.21 bits per heavy atom. The molecule has 0 aromatic rings. The van der Waals surface area contributed by atoms with Crippen molar-refractivity contribution < 1.29 is 14.7 Å². The fourth-order valence-corrected chi connectivity index (χ4v) is 2.96. The molecule has 3 atom stereocenters. The van der Waals surface area contributed by atoms with Crippen molar-refractivity contribution in [3.8, 4) is 0 Å². The van der Waals surface area contributed by atoms with Crippen molar-refractivity contribution >= 4 is 23.8 Å². The number of carbonyl (C=O) groups is 2. The number of nitrogens with one attached hydrogen (secondary N) is 1. The molecule has 0 radical (unpaired) electrons. The molecule has 0 saturated heterocycles. The number of urea groups is 1. The zero-order chi connectivity index (χ0) is 14.4. The van der Waals surface area contributed by atoms with Crippen LogP contribution in [0.4, 0.5) is 4.79 Å². The maximum absolute atomic E-state index is 12.1. The van der Waals surface area contributed by atoms with Gasteiger partial charge in [0.05, 0.1) is 12.0 Å². The Bertz CT molecular complexity index is 360. The smallest absolute Gasteiger partial charge is 0.317 e. The van der Waals surface area contributed by atoms with Gasteiger partial charge in [-0.15, -0.1) is 0 Å². The first-order chi connectivity index (χ1) is 8.99. The molecule has 0 aromatic carbocycles. The highest BCUT2D eigenvalue weighted by molar-refractivity contribution is 7.98. The SMILES string of the molecule is CCC(CSC)N(C)C(=O)NC1C=CC(C(=O)O)C1. The lowest BCUT2D eigenvalue weighted by Crippen LogP contribution is -2.47. The average Bonchev–Trinajstić information content (AvgIpc) is 2.83. The summed E-state index contributed by atoms with van der Waals surface area (Å²) in [6.45, 7) is 2.06. The normalized spacial score (nSPS) is 23.1. The van der Waals surface area contributed by atoms with E-state index in [1.54, 1.807) is 35.9 Å². The van der Waals surface area contributed by atoms with Crippen LogP contribution in [0.3, 0.4) is 0 Å². The van der Waals surface area contributed by atoms with Gasteiger partial charge in [0.25, 0.3) is 0 Å². The van der Waals surface area contributed by atoms with Crippen molar-refractivity contribution in [2.75, 3.05) is 19.1 Å². The van der Waals surface area contributed by atoms with E-state index in [1.165, 1.54) is 0 Å². The zero-order valence-electron chi connectivity index (χ0n) is 11.6. The Balaban J connectivity index is 2.47. The number of hydrogen-bond donors (Lipinski definition) is 2. The standard InChI is InChI=1S/C13H22N2O3S/c1-4-11(8-19-3)15(2)13(18)14-10-6-5-9(7-10)12(16)17/h5-6,9-11H,4,7-8H2,1-3H3,(H,14,18)(H,16,17). The van der Waals surface area contributed by atoms with Crippen molar-refractivity contribution in [3.63, 3.8) is 0 Å². The molecular formula is C13H22N2O3S. The van der Waals surface area contributed by atoms with Crippen molar-refractivity contribution in [3.05, 3.63) is 12.2 Å². The highest BCUT2D eigenvalue weighted by Gasteiger charge is 2.27. The molecular weight excluding hydrogens is 264 g/mol. The predicted octanol–water partition coefficient (Wildman–Crippen LogP) is 1.80. The zero-order valence-corrected chi connectivity index (χ0v) is 12.4. The fourth-order valence-electron chi connectivity index (χ4n) is 2.11. The van der Waals surface area contributed by atoms with E-state index in [0.717, 1.165) is 12.2 Å². The van der Waals surface area contributed by atoms with E-state index in [4.69, 9.17) is 5.11 Å². The lowest BCUT2D eigenvalue weighted by atomic mass is 10.1. The van der Waals surface area contributed by atoms with Gasteiger partial charge >= 0.3 is 12.0 Å². The van der Waals surface area contributed by atoms with Crippen LogP contribution in [0.1, 0.15) is 19.8 Å². The second kappa shape index (κ2) is 7.43. The van der Waals surface area contributed by atoms with Gasteiger partial charge in [0.15, 0.2) is 0 Å². The van der Waals surface area contributed by atoms with Crippen LogP contribution in [0.25, 0.3) is 0 Å². The van der Waals surface area contributed by atoms with Crippen LogP contribution in [0, 0.1) is 5.92 Å². The van der Waals surface area contributed by atoms with E-state index in [9.17, 15) is 9.59 Å². The summed E-state index contributed by atoms with van der Waals surface area (Å²) in [5, 5.41) is 11.8. The lowest BCUT2D eigenvalue weighted by Gasteiger charge is -2.28. The number of carboxylic acids is 1. The molecule has 2 amide bonds. The van der Waals surface area contributed by atoms with Crippen molar-refractivity contribution in [1.29, 1.82) is 0 Å². The van der Waals surface area contributed by atoms with Gasteiger partial charge in [0.2, 0.25) is 0 Å². The first-order valence-electron chi connectivity index (χ1n) is 6.43. The molecule has 0 heterocycles. The Kier molecular flexibility index (Phi) is 6.21. The minimum atomic E-state index is -0.838. The quantitative estimate of drug-likeness (QED) is 0.731. The van der Waals surface area contributed by atoms with Crippen LogP contribution in [0.15, 0.2) is 12.2 Å². The Labute approximate surface area is 118 Å². The highest BCUT2D eigenvalue weighted by atomic mass is 32.2. The third kappa shape index (κ3) is 4.45. The van der Waals surface area contributed by atoms with Crippen molar-refractivity contribution in [2.45, 2.75) is 31.8 Å². The third-order valence-electron chi connectivity index (χ3n) is 3.41. The molecule has 3 unspecified atom stereocenters. The van der Waals surface area contributed by atoms with E-state index >= 15 is 0 Å². The molecule has 0 saturated carbocycles. The molecule has 0 aliphatic heterocycles. The molecule has 0 spiro atoms. The predicted molar refractivity (Wildman–Crippen MR) is 77.4 cm³/mol. The average molecular weight is 286 g/mol. The van der Waals surface area contributed by atoms with E-state index in [1.807, 2.05) is 6.26 Å². The van der Waals surface area contributed by atoms with Crippen LogP contribution in [0.5, 0.6) is 0 Å². The van der Waals surface area contributed by atoms with Crippen molar-refractivity contribution in [2.24, 2.45) is 5.92 Å². The van der Waals surface area contributed by atoms with Crippen molar-refractivity contribution in [1.82, 2.24) is 10.2 Å². The fraction of sp³-hybridized carbons (Fsp3) is 0.692. The molecule has 1 aliphatic carbocycles. The van der Waals surface area contributed by atoms with E-state index < -0.39 is 11.9 Å². The summed E-state index contributed by atoms with van der Waals surface area (Å²) >= 11 is 1.71. The van der Waals surface area contributed by atoms with Gasteiger partial charge in [-0.3, -0.25) is 4.79 Å². The third-order valence-corrected chi connectivity index (χ3v) is 4.13. The van der Waals surface area contributed by atoms with Gasteiger partial charge in [0.1, 0.15) is 0 Å². The minimum absolute atomic E-state index is 0.137. The largest absolute Gasteiger partial charge is 0.481 e. The van der Waals surface area contributed by atoms with Gasteiger partial charge in [-0.25, -0.2) is 4.79 Å². The molecule has 2 N–H and O–H groups in total. The molecule has 1 aliphatic rings. The first kappa shape index (κ1) is 15.9. The van der Waals surface area contributed by atoms with Crippen LogP contribution in [-0.2, 0) is 4.79 Å². The maximum atomic E-state index is 12.1. The number of aliphatic carboxylic acids is 1. The van der Waals surface area contributed by atoms with Gasteiger partial charge in [0, 0.05) is 18.8 Å². The van der Waals surface area contributed by atoms with Gasteiger partial charge < -0.3 is 15.3 Å². The summed E-state index contributed by atoms with van der Waals surface area (Å²) in [7, 11) is 1.78. The van der Waals surface area contributed by atoms with Gasteiger partial charge in [-0.2, -0.15) is 11.8 Å². The Morgan fingerprint density at radius 1 is 1.53 bits per heavy atom. The van der Waals surface area contributed by atoms with E-state index in [-0.39, 0.29) is 18.1 Å². The number of amides is 2. The molecule has 0 fully saturated rings. The summed E-state index contributed by atoms with van der Waals surface area (Å²) in [6, 6.07) is -0.111. The molecule has 5 nitrogen and oxygen atoms in total. The molecule has 1 rings (SSSR count). The van der Waals surface area contributed by atoms with E-state index in [0.29, 0.717) is 6.42 Å². The van der Waals surface area contributed by atoms with Gasteiger partial charge in [-0.05, 0) is 19.1 Å². The van der Waals surface area contributed by atoms with Crippen LogP contribution >= 0.6 is 11.8 Å². The number of carboxylic acid groups (broad SMARTS) is 1. The first-order valence-corrected chi connectivity index (χ1v) is 7.82.